The maximum atomic E-state index is 13.3. The minimum absolute atomic E-state index is 0.0245. The fourth-order valence-electron chi connectivity index (χ4n) is 2.33. The lowest BCUT2D eigenvalue weighted by molar-refractivity contribution is -0.385. The van der Waals surface area contributed by atoms with Gasteiger partial charge in [0.1, 0.15) is 18.3 Å². The molecule has 1 heterocycles. The van der Waals surface area contributed by atoms with Crippen LogP contribution in [0, 0.1) is 21.7 Å². The first-order valence-corrected chi connectivity index (χ1v) is 7.26. The standard InChI is InChI=1S/C16H12F2N2O5/c17-11-5-10(13(20(22)23)6-12(11)18)16(21)19-7-9-8-24-14-3-1-2-4-15(14)25-9/h1-6,9H,7-8H2,(H,19,21)/t9-/m0/s1. The van der Waals surface area contributed by atoms with Crippen molar-refractivity contribution in [3.05, 3.63) is 63.7 Å². The molecule has 1 N–H and O–H groups in total. The number of rotatable bonds is 4. The van der Waals surface area contributed by atoms with Crippen molar-refractivity contribution in [2.24, 2.45) is 0 Å². The summed E-state index contributed by atoms with van der Waals surface area (Å²) < 4.78 is 37.6. The summed E-state index contributed by atoms with van der Waals surface area (Å²) >= 11 is 0. The zero-order valence-corrected chi connectivity index (χ0v) is 12.7. The number of nitro benzene ring substituents is 1. The number of fused-ring (bicyclic) bond motifs is 1. The van der Waals surface area contributed by atoms with Crippen LogP contribution >= 0.6 is 0 Å². The van der Waals surface area contributed by atoms with E-state index in [1.54, 1.807) is 24.3 Å². The van der Waals surface area contributed by atoms with Crippen LogP contribution in [0.2, 0.25) is 0 Å². The van der Waals surface area contributed by atoms with Crippen LogP contribution in [0.5, 0.6) is 11.5 Å². The van der Waals surface area contributed by atoms with Crippen molar-refractivity contribution >= 4 is 11.6 Å². The van der Waals surface area contributed by atoms with Crippen molar-refractivity contribution in [2.45, 2.75) is 6.10 Å². The molecule has 2 aromatic rings. The summed E-state index contributed by atoms with van der Waals surface area (Å²) in [5, 5.41) is 13.3. The minimum atomic E-state index is -1.40. The quantitative estimate of drug-likeness (QED) is 0.676. The molecule has 0 saturated carbocycles. The lowest BCUT2D eigenvalue weighted by Crippen LogP contribution is -2.40. The van der Waals surface area contributed by atoms with E-state index in [1.165, 1.54) is 0 Å². The maximum absolute atomic E-state index is 13.3. The molecule has 1 aliphatic rings. The Hall–Kier alpha value is -3.23. The van der Waals surface area contributed by atoms with E-state index in [-0.39, 0.29) is 13.2 Å². The van der Waals surface area contributed by atoms with Crippen LogP contribution in [0.3, 0.4) is 0 Å². The molecule has 0 unspecified atom stereocenters. The van der Waals surface area contributed by atoms with Crippen LogP contribution in [0.1, 0.15) is 10.4 Å². The van der Waals surface area contributed by atoms with E-state index in [0.717, 1.165) is 0 Å². The molecule has 0 radical (unpaired) electrons. The van der Waals surface area contributed by atoms with E-state index < -0.39 is 39.8 Å². The van der Waals surface area contributed by atoms with E-state index in [1.807, 2.05) is 0 Å². The Kier molecular flexibility index (Phi) is 4.46. The van der Waals surface area contributed by atoms with Gasteiger partial charge in [-0.15, -0.1) is 0 Å². The second-order valence-corrected chi connectivity index (χ2v) is 5.25. The summed E-state index contributed by atoms with van der Waals surface area (Å²) in [6.45, 7) is 0.139. The third-order valence-electron chi connectivity index (χ3n) is 3.54. The van der Waals surface area contributed by atoms with Gasteiger partial charge in [0, 0.05) is 0 Å². The molecule has 0 aliphatic carbocycles. The van der Waals surface area contributed by atoms with Gasteiger partial charge in [-0.2, -0.15) is 0 Å². The SMILES string of the molecule is O=C(NC[C@H]1COc2ccccc2O1)c1cc(F)c(F)cc1[N+](=O)[O-]. The monoisotopic (exact) mass is 350 g/mol. The number of para-hydroxylation sites is 2. The van der Waals surface area contributed by atoms with Crippen molar-refractivity contribution in [1.82, 2.24) is 5.32 Å². The summed E-state index contributed by atoms with van der Waals surface area (Å²) in [6.07, 6.45) is -0.525. The Bertz CT molecular complexity index is 843. The van der Waals surface area contributed by atoms with Gasteiger partial charge in [-0.25, -0.2) is 8.78 Å². The number of nitrogens with zero attached hydrogens (tertiary/aromatic N) is 1. The third-order valence-corrected chi connectivity index (χ3v) is 3.54. The molecule has 0 saturated heterocycles. The number of amides is 1. The predicted molar refractivity (Wildman–Crippen MR) is 81.7 cm³/mol. The van der Waals surface area contributed by atoms with Gasteiger partial charge in [-0.3, -0.25) is 14.9 Å². The molecule has 25 heavy (non-hydrogen) atoms. The first-order chi connectivity index (χ1) is 12.0. The van der Waals surface area contributed by atoms with Gasteiger partial charge >= 0.3 is 0 Å². The lowest BCUT2D eigenvalue weighted by Gasteiger charge is -2.26. The molecule has 130 valence electrons. The number of ether oxygens (including phenoxy) is 2. The highest BCUT2D eigenvalue weighted by Gasteiger charge is 2.26. The Balaban J connectivity index is 1.70. The molecule has 2 aromatic carbocycles. The molecule has 1 amide bonds. The van der Waals surface area contributed by atoms with Crippen LogP contribution in [-0.4, -0.2) is 30.1 Å². The second-order valence-electron chi connectivity index (χ2n) is 5.25. The average molecular weight is 350 g/mol. The fourth-order valence-corrected chi connectivity index (χ4v) is 2.33. The normalized spacial score (nSPS) is 15.5. The van der Waals surface area contributed by atoms with Gasteiger partial charge in [0.2, 0.25) is 0 Å². The first kappa shape index (κ1) is 16.6. The molecule has 9 heteroatoms. The maximum Gasteiger partial charge on any atom is 0.285 e. The smallest absolute Gasteiger partial charge is 0.285 e. The zero-order valence-electron chi connectivity index (χ0n) is 12.7. The highest BCUT2D eigenvalue weighted by Crippen LogP contribution is 2.30. The van der Waals surface area contributed by atoms with E-state index in [4.69, 9.17) is 9.47 Å². The molecule has 3 rings (SSSR count). The lowest BCUT2D eigenvalue weighted by atomic mass is 10.1. The van der Waals surface area contributed by atoms with Crippen molar-refractivity contribution in [3.8, 4) is 11.5 Å². The van der Waals surface area contributed by atoms with Gasteiger partial charge in [-0.05, 0) is 18.2 Å². The van der Waals surface area contributed by atoms with Crippen molar-refractivity contribution in [3.63, 3.8) is 0 Å². The van der Waals surface area contributed by atoms with Gasteiger partial charge in [0.05, 0.1) is 17.5 Å². The van der Waals surface area contributed by atoms with Crippen LogP contribution in [0.25, 0.3) is 0 Å². The van der Waals surface area contributed by atoms with Gasteiger partial charge < -0.3 is 14.8 Å². The van der Waals surface area contributed by atoms with Gasteiger partial charge in [0.15, 0.2) is 23.1 Å². The molecule has 1 aliphatic heterocycles. The van der Waals surface area contributed by atoms with Crippen molar-refractivity contribution < 1.29 is 28.0 Å². The molecular formula is C16H12F2N2O5. The molecule has 7 nitrogen and oxygen atoms in total. The Labute approximate surface area is 140 Å². The zero-order chi connectivity index (χ0) is 18.0. The number of nitrogens with one attached hydrogen (secondary N) is 1. The van der Waals surface area contributed by atoms with Gasteiger partial charge in [-0.1, -0.05) is 12.1 Å². The van der Waals surface area contributed by atoms with E-state index in [2.05, 4.69) is 5.32 Å². The molecule has 0 aromatic heterocycles. The second kappa shape index (κ2) is 6.71. The number of carbonyl (C=O) groups is 1. The van der Waals surface area contributed by atoms with Crippen molar-refractivity contribution in [2.75, 3.05) is 13.2 Å². The van der Waals surface area contributed by atoms with E-state index in [9.17, 15) is 23.7 Å². The van der Waals surface area contributed by atoms with E-state index in [0.29, 0.717) is 23.6 Å². The highest BCUT2D eigenvalue weighted by atomic mass is 19.2. The number of nitro groups is 1. The number of benzene rings is 2. The molecule has 1 atom stereocenters. The number of hydrogen-bond acceptors (Lipinski definition) is 5. The average Bonchev–Trinajstić information content (AvgIpc) is 2.61. The Morgan fingerprint density at radius 1 is 1.24 bits per heavy atom. The largest absolute Gasteiger partial charge is 0.486 e. The topological polar surface area (TPSA) is 90.7 Å². The molecule has 0 spiro atoms. The van der Waals surface area contributed by atoms with Crippen LogP contribution in [0.15, 0.2) is 36.4 Å². The highest BCUT2D eigenvalue weighted by molar-refractivity contribution is 5.98. The van der Waals surface area contributed by atoms with Crippen LogP contribution < -0.4 is 14.8 Å². The number of hydrogen-bond donors (Lipinski definition) is 1. The van der Waals surface area contributed by atoms with Gasteiger partial charge in [0.25, 0.3) is 11.6 Å². The minimum Gasteiger partial charge on any atom is -0.486 e. The summed E-state index contributed by atoms with van der Waals surface area (Å²) in [5.74, 6) is -2.58. The molecular weight excluding hydrogens is 338 g/mol. The third kappa shape index (κ3) is 3.49. The summed E-state index contributed by atoms with van der Waals surface area (Å²) in [5.41, 5.74) is -1.39. The van der Waals surface area contributed by atoms with Crippen molar-refractivity contribution in [1.29, 1.82) is 0 Å². The van der Waals surface area contributed by atoms with E-state index >= 15 is 0 Å². The number of carbonyl (C=O) groups excluding carboxylic acids is 1. The predicted octanol–water partition coefficient (Wildman–Crippen LogP) is 2.44. The molecule has 0 bridgehead atoms. The Morgan fingerprint density at radius 2 is 1.92 bits per heavy atom. The summed E-state index contributed by atoms with van der Waals surface area (Å²) in [4.78, 5) is 22.1. The first-order valence-electron chi connectivity index (χ1n) is 7.26. The summed E-state index contributed by atoms with van der Waals surface area (Å²) in [7, 11) is 0. The van der Waals surface area contributed by atoms with Crippen LogP contribution in [-0.2, 0) is 0 Å². The molecule has 0 fully saturated rings. The summed E-state index contributed by atoms with van der Waals surface area (Å²) in [6, 6.07) is 7.84. The Morgan fingerprint density at radius 3 is 2.64 bits per heavy atom. The van der Waals surface area contributed by atoms with Crippen LogP contribution in [0.4, 0.5) is 14.5 Å². The number of halogens is 2. The fraction of sp³-hybridized carbons (Fsp3) is 0.188.